The highest BCUT2D eigenvalue weighted by atomic mass is 79.9. The van der Waals surface area contributed by atoms with Crippen molar-refractivity contribution in [3.63, 3.8) is 0 Å². The molecule has 0 N–H and O–H groups in total. The summed E-state index contributed by atoms with van der Waals surface area (Å²) in [6, 6.07) is 3.29. The molecule has 0 fully saturated rings. The molecular weight excluding hydrogens is 248 g/mol. The summed E-state index contributed by atoms with van der Waals surface area (Å²) >= 11 is 3.14. The molecular formula is C9H7BrN2O2. The molecule has 0 radical (unpaired) electrons. The molecule has 2 aromatic heterocycles. The van der Waals surface area contributed by atoms with Crippen LogP contribution in [-0.2, 0) is 7.05 Å². The number of furan rings is 1. The van der Waals surface area contributed by atoms with Crippen LogP contribution in [0.25, 0.3) is 0 Å². The number of hydrogen-bond acceptors (Lipinski definition) is 3. The van der Waals surface area contributed by atoms with Crippen molar-refractivity contribution in [3.8, 4) is 0 Å². The van der Waals surface area contributed by atoms with Crippen molar-refractivity contribution in [1.29, 1.82) is 0 Å². The molecule has 0 saturated carbocycles. The molecule has 0 aromatic carbocycles. The van der Waals surface area contributed by atoms with Crippen LogP contribution in [0.1, 0.15) is 16.4 Å². The van der Waals surface area contributed by atoms with Crippen molar-refractivity contribution in [1.82, 2.24) is 9.55 Å². The molecule has 0 unspecified atom stereocenters. The Bertz CT molecular complexity index is 473. The standard InChI is InChI=1S/C9H7BrN2O2/c1-12-5-4-11-9(12)8(13)6-2-3-7(10)14-6/h2-5H,1H3. The van der Waals surface area contributed by atoms with Gasteiger partial charge in [-0.05, 0) is 28.1 Å². The third-order valence-corrected chi connectivity index (χ3v) is 2.25. The minimum absolute atomic E-state index is 0.219. The summed E-state index contributed by atoms with van der Waals surface area (Å²) in [6.45, 7) is 0. The summed E-state index contributed by atoms with van der Waals surface area (Å²) in [5, 5.41) is 0. The number of aromatic nitrogens is 2. The minimum Gasteiger partial charge on any atom is -0.446 e. The van der Waals surface area contributed by atoms with E-state index in [0.717, 1.165) is 0 Å². The van der Waals surface area contributed by atoms with Gasteiger partial charge in [-0.3, -0.25) is 4.79 Å². The van der Waals surface area contributed by atoms with E-state index in [1.165, 1.54) is 0 Å². The summed E-state index contributed by atoms with van der Waals surface area (Å²) in [5.74, 6) is 0.432. The van der Waals surface area contributed by atoms with Crippen molar-refractivity contribution < 1.29 is 9.21 Å². The lowest BCUT2D eigenvalue weighted by Gasteiger charge is -1.96. The second-order valence-electron chi connectivity index (χ2n) is 2.79. The van der Waals surface area contributed by atoms with E-state index < -0.39 is 0 Å². The van der Waals surface area contributed by atoms with Crippen LogP contribution < -0.4 is 0 Å². The van der Waals surface area contributed by atoms with E-state index in [4.69, 9.17) is 4.42 Å². The number of hydrogen-bond donors (Lipinski definition) is 0. The fourth-order valence-electron chi connectivity index (χ4n) is 1.13. The van der Waals surface area contributed by atoms with Gasteiger partial charge in [-0.1, -0.05) is 0 Å². The van der Waals surface area contributed by atoms with Gasteiger partial charge in [0.05, 0.1) is 0 Å². The van der Waals surface area contributed by atoms with Gasteiger partial charge in [0.25, 0.3) is 5.78 Å². The number of aryl methyl sites for hydroxylation is 1. The minimum atomic E-state index is -0.219. The molecule has 0 saturated heterocycles. The van der Waals surface area contributed by atoms with Gasteiger partial charge < -0.3 is 8.98 Å². The molecule has 2 rings (SSSR count). The Morgan fingerprint density at radius 3 is 2.86 bits per heavy atom. The molecule has 0 aliphatic carbocycles. The summed E-state index contributed by atoms with van der Waals surface area (Å²) in [6.07, 6.45) is 3.29. The van der Waals surface area contributed by atoms with E-state index in [9.17, 15) is 4.79 Å². The Labute approximate surface area is 88.7 Å². The number of halogens is 1. The molecule has 2 heterocycles. The second kappa shape index (κ2) is 3.42. The first kappa shape index (κ1) is 9.21. The summed E-state index contributed by atoms with van der Waals surface area (Å²) in [5.41, 5.74) is 0. The first-order valence-corrected chi connectivity index (χ1v) is 4.75. The summed E-state index contributed by atoms with van der Waals surface area (Å²) in [7, 11) is 1.76. The van der Waals surface area contributed by atoms with E-state index in [-0.39, 0.29) is 11.5 Å². The molecule has 14 heavy (non-hydrogen) atoms. The molecule has 0 bridgehead atoms. The average molecular weight is 255 g/mol. The number of carbonyl (C=O) groups excluding carboxylic acids is 1. The monoisotopic (exact) mass is 254 g/mol. The molecule has 4 nitrogen and oxygen atoms in total. The zero-order valence-corrected chi connectivity index (χ0v) is 8.98. The maximum Gasteiger partial charge on any atom is 0.263 e. The van der Waals surface area contributed by atoms with E-state index in [0.29, 0.717) is 10.5 Å². The SMILES string of the molecule is Cn1ccnc1C(=O)c1ccc(Br)o1. The van der Waals surface area contributed by atoms with Gasteiger partial charge in [0.2, 0.25) is 0 Å². The van der Waals surface area contributed by atoms with Crippen LogP contribution in [0.3, 0.4) is 0 Å². The van der Waals surface area contributed by atoms with Gasteiger partial charge in [-0.25, -0.2) is 4.98 Å². The molecule has 0 amide bonds. The van der Waals surface area contributed by atoms with Gasteiger partial charge >= 0.3 is 0 Å². The van der Waals surface area contributed by atoms with E-state index >= 15 is 0 Å². The van der Waals surface area contributed by atoms with Gasteiger partial charge in [-0.15, -0.1) is 0 Å². The first-order valence-electron chi connectivity index (χ1n) is 3.96. The van der Waals surface area contributed by atoms with Gasteiger partial charge in [0.1, 0.15) is 0 Å². The fraction of sp³-hybridized carbons (Fsp3) is 0.111. The summed E-state index contributed by atoms with van der Waals surface area (Å²) in [4.78, 5) is 15.7. The Hall–Kier alpha value is -1.36. The third kappa shape index (κ3) is 1.50. The van der Waals surface area contributed by atoms with Crippen molar-refractivity contribution in [3.05, 3.63) is 40.8 Å². The third-order valence-electron chi connectivity index (χ3n) is 1.82. The van der Waals surface area contributed by atoms with Crippen molar-refractivity contribution in [2.45, 2.75) is 0 Å². The number of rotatable bonds is 2. The van der Waals surface area contributed by atoms with Crippen LogP contribution in [0, 0.1) is 0 Å². The van der Waals surface area contributed by atoms with Crippen LogP contribution in [0.2, 0.25) is 0 Å². The van der Waals surface area contributed by atoms with Crippen molar-refractivity contribution in [2.75, 3.05) is 0 Å². The number of imidazole rings is 1. The molecule has 2 aromatic rings. The first-order chi connectivity index (χ1) is 6.68. The maximum atomic E-state index is 11.7. The van der Waals surface area contributed by atoms with Crippen LogP contribution in [0.4, 0.5) is 0 Å². The number of carbonyl (C=O) groups is 1. The molecule has 0 spiro atoms. The Morgan fingerprint density at radius 1 is 1.57 bits per heavy atom. The Kier molecular flexibility index (Phi) is 2.25. The van der Waals surface area contributed by atoms with Crippen LogP contribution in [0.5, 0.6) is 0 Å². The lowest BCUT2D eigenvalue weighted by molar-refractivity contribution is 0.0995. The van der Waals surface area contributed by atoms with Crippen LogP contribution in [0.15, 0.2) is 33.6 Å². The second-order valence-corrected chi connectivity index (χ2v) is 3.58. The fourth-order valence-corrected chi connectivity index (χ4v) is 1.44. The predicted molar refractivity (Wildman–Crippen MR) is 53.0 cm³/mol. The molecule has 0 atom stereocenters. The highest BCUT2D eigenvalue weighted by molar-refractivity contribution is 9.10. The number of ketones is 1. The zero-order chi connectivity index (χ0) is 10.1. The summed E-state index contributed by atoms with van der Waals surface area (Å²) < 4.78 is 7.33. The predicted octanol–water partition coefficient (Wildman–Crippen LogP) is 2.01. The quantitative estimate of drug-likeness (QED) is 0.771. The van der Waals surface area contributed by atoms with E-state index in [2.05, 4.69) is 20.9 Å². The highest BCUT2D eigenvalue weighted by Crippen LogP contribution is 2.16. The molecule has 72 valence electrons. The Balaban J connectivity index is 2.38. The maximum absolute atomic E-state index is 11.7. The highest BCUT2D eigenvalue weighted by Gasteiger charge is 2.16. The van der Waals surface area contributed by atoms with Crippen molar-refractivity contribution in [2.24, 2.45) is 7.05 Å². The van der Waals surface area contributed by atoms with Gasteiger partial charge in [0, 0.05) is 19.4 Å². The molecule has 5 heteroatoms. The Morgan fingerprint density at radius 2 is 2.36 bits per heavy atom. The topological polar surface area (TPSA) is 48.0 Å². The molecule has 0 aliphatic rings. The lowest BCUT2D eigenvalue weighted by atomic mass is 10.3. The number of nitrogens with zero attached hydrogens (tertiary/aromatic N) is 2. The normalized spacial score (nSPS) is 10.4. The smallest absolute Gasteiger partial charge is 0.263 e. The van der Waals surface area contributed by atoms with Gasteiger partial charge in [0.15, 0.2) is 16.3 Å². The van der Waals surface area contributed by atoms with E-state index in [1.807, 2.05) is 0 Å². The lowest BCUT2D eigenvalue weighted by Crippen LogP contribution is -2.07. The zero-order valence-electron chi connectivity index (χ0n) is 7.40. The van der Waals surface area contributed by atoms with E-state index in [1.54, 1.807) is 36.1 Å². The average Bonchev–Trinajstić information content (AvgIpc) is 2.73. The van der Waals surface area contributed by atoms with Gasteiger partial charge in [-0.2, -0.15) is 0 Å². The van der Waals surface area contributed by atoms with Crippen LogP contribution >= 0.6 is 15.9 Å². The molecule has 0 aliphatic heterocycles. The largest absolute Gasteiger partial charge is 0.446 e. The van der Waals surface area contributed by atoms with Crippen LogP contribution in [-0.4, -0.2) is 15.3 Å². The van der Waals surface area contributed by atoms with Crippen molar-refractivity contribution >= 4 is 21.7 Å².